The van der Waals surface area contributed by atoms with Gasteiger partial charge in [0, 0.05) is 16.5 Å². The standard InChI is InChI=1S/C17H22N4O4S/c1-11(18-16(23)25-17(2,3)4)9-24-20-15(22)13-7-5-12(6-8-13)14-10-26-21-19-14/h5-8,10-11H,9H2,1-4H3,(H,18,23)(H,20,22). The van der Waals surface area contributed by atoms with E-state index in [0.717, 1.165) is 11.3 Å². The van der Waals surface area contributed by atoms with Gasteiger partial charge in [0.2, 0.25) is 0 Å². The van der Waals surface area contributed by atoms with Crippen molar-refractivity contribution in [3.05, 3.63) is 35.2 Å². The Hall–Kier alpha value is -2.52. The summed E-state index contributed by atoms with van der Waals surface area (Å²) in [6.07, 6.45) is -0.535. The minimum Gasteiger partial charge on any atom is -0.444 e. The Labute approximate surface area is 156 Å². The lowest BCUT2D eigenvalue weighted by molar-refractivity contribution is 0.0190. The van der Waals surface area contributed by atoms with Crippen molar-refractivity contribution in [3.8, 4) is 11.3 Å². The van der Waals surface area contributed by atoms with Crippen LogP contribution in [0.5, 0.6) is 0 Å². The fourth-order valence-corrected chi connectivity index (χ4v) is 2.39. The first-order chi connectivity index (χ1) is 12.2. The van der Waals surface area contributed by atoms with Crippen molar-refractivity contribution >= 4 is 23.5 Å². The lowest BCUT2D eigenvalue weighted by Gasteiger charge is -2.21. The van der Waals surface area contributed by atoms with E-state index in [9.17, 15) is 9.59 Å². The molecule has 1 aromatic carbocycles. The van der Waals surface area contributed by atoms with Crippen molar-refractivity contribution in [2.75, 3.05) is 6.61 Å². The summed E-state index contributed by atoms with van der Waals surface area (Å²) in [5, 5.41) is 8.43. The van der Waals surface area contributed by atoms with Crippen LogP contribution < -0.4 is 10.8 Å². The van der Waals surface area contributed by atoms with Gasteiger partial charge >= 0.3 is 6.09 Å². The molecular formula is C17H22N4O4S. The van der Waals surface area contributed by atoms with Crippen LogP contribution in [0.4, 0.5) is 4.79 Å². The number of hydroxylamine groups is 1. The number of carbonyl (C=O) groups excluding carboxylic acids is 2. The number of carbonyl (C=O) groups is 2. The van der Waals surface area contributed by atoms with E-state index in [1.54, 1.807) is 52.0 Å². The lowest BCUT2D eigenvalue weighted by atomic mass is 10.1. The van der Waals surface area contributed by atoms with E-state index >= 15 is 0 Å². The molecule has 2 N–H and O–H groups in total. The van der Waals surface area contributed by atoms with Gasteiger partial charge in [0.1, 0.15) is 11.3 Å². The molecule has 1 unspecified atom stereocenters. The Balaban J connectivity index is 1.75. The summed E-state index contributed by atoms with van der Waals surface area (Å²) in [6, 6.07) is 6.60. The van der Waals surface area contributed by atoms with Gasteiger partial charge in [-0.15, -0.1) is 5.10 Å². The Morgan fingerprint density at radius 1 is 1.23 bits per heavy atom. The van der Waals surface area contributed by atoms with Crippen molar-refractivity contribution in [1.82, 2.24) is 20.4 Å². The zero-order valence-electron chi connectivity index (χ0n) is 15.1. The van der Waals surface area contributed by atoms with Crippen LogP contribution in [0.2, 0.25) is 0 Å². The molecule has 0 spiro atoms. The van der Waals surface area contributed by atoms with E-state index in [1.165, 1.54) is 11.5 Å². The van der Waals surface area contributed by atoms with Crippen LogP contribution >= 0.6 is 11.5 Å². The number of hydrogen-bond donors (Lipinski definition) is 2. The summed E-state index contributed by atoms with van der Waals surface area (Å²) in [5.41, 5.74) is 3.87. The Bertz CT molecular complexity index is 726. The van der Waals surface area contributed by atoms with Crippen LogP contribution in [-0.4, -0.2) is 39.8 Å². The first-order valence-corrected chi connectivity index (χ1v) is 8.87. The number of aromatic nitrogens is 2. The molecule has 1 heterocycles. The number of rotatable bonds is 6. The van der Waals surface area contributed by atoms with Gasteiger partial charge in [-0.1, -0.05) is 16.6 Å². The van der Waals surface area contributed by atoms with Gasteiger partial charge in [0.25, 0.3) is 5.91 Å². The minimum absolute atomic E-state index is 0.105. The second-order valence-corrected chi connectivity index (χ2v) is 7.27. The largest absolute Gasteiger partial charge is 0.444 e. The molecule has 2 amide bonds. The summed E-state index contributed by atoms with van der Waals surface area (Å²) in [7, 11) is 0. The van der Waals surface area contributed by atoms with Gasteiger partial charge in [0.05, 0.1) is 12.6 Å². The SMILES string of the molecule is CC(CONC(=O)c1ccc(-c2csnn2)cc1)NC(=O)OC(C)(C)C. The van der Waals surface area contributed by atoms with Crippen molar-refractivity contribution in [3.63, 3.8) is 0 Å². The van der Waals surface area contributed by atoms with Crippen LogP contribution in [0.1, 0.15) is 38.1 Å². The van der Waals surface area contributed by atoms with Gasteiger partial charge in [-0.3, -0.25) is 9.63 Å². The molecule has 0 bridgehead atoms. The highest BCUT2D eigenvalue weighted by molar-refractivity contribution is 7.03. The highest BCUT2D eigenvalue weighted by atomic mass is 32.1. The Morgan fingerprint density at radius 2 is 1.92 bits per heavy atom. The summed E-state index contributed by atoms with van der Waals surface area (Å²) in [4.78, 5) is 28.8. The number of amides is 2. The third-order valence-corrected chi connectivity index (χ3v) is 3.57. The van der Waals surface area contributed by atoms with Crippen molar-refractivity contribution in [2.24, 2.45) is 0 Å². The minimum atomic E-state index is -0.570. The van der Waals surface area contributed by atoms with Crippen LogP contribution in [0.3, 0.4) is 0 Å². The second kappa shape index (κ2) is 8.72. The molecular weight excluding hydrogens is 356 g/mol. The van der Waals surface area contributed by atoms with Gasteiger partial charge in [-0.25, -0.2) is 10.3 Å². The Kier molecular flexibility index (Phi) is 6.64. The molecule has 2 rings (SSSR count). The second-order valence-electron chi connectivity index (χ2n) is 6.66. The summed E-state index contributed by atoms with van der Waals surface area (Å²) in [6.45, 7) is 7.19. The van der Waals surface area contributed by atoms with Gasteiger partial charge in [0.15, 0.2) is 0 Å². The average Bonchev–Trinajstić information content (AvgIpc) is 3.07. The molecule has 26 heavy (non-hydrogen) atoms. The molecule has 0 fully saturated rings. The van der Waals surface area contributed by atoms with Gasteiger partial charge in [-0.05, 0) is 51.4 Å². The molecule has 0 aliphatic rings. The smallest absolute Gasteiger partial charge is 0.407 e. The van der Waals surface area contributed by atoms with E-state index in [0.29, 0.717) is 5.56 Å². The molecule has 2 aromatic rings. The van der Waals surface area contributed by atoms with E-state index in [-0.39, 0.29) is 18.6 Å². The van der Waals surface area contributed by atoms with Crippen LogP contribution in [0, 0.1) is 0 Å². The van der Waals surface area contributed by atoms with E-state index in [2.05, 4.69) is 20.4 Å². The molecule has 0 saturated heterocycles. The van der Waals surface area contributed by atoms with Crippen molar-refractivity contribution < 1.29 is 19.2 Å². The number of benzene rings is 1. The van der Waals surface area contributed by atoms with Crippen molar-refractivity contribution in [2.45, 2.75) is 39.3 Å². The number of hydrogen-bond acceptors (Lipinski definition) is 7. The molecule has 140 valence electrons. The van der Waals surface area contributed by atoms with E-state index in [1.807, 2.05) is 5.38 Å². The van der Waals surface area contributed by atoms with E-state index in [4.69, 9.17) is 9.57 Å². The summed E-state index contributed by atoms with van der Waals surface area (Å²) in [5.74, 6) is -0.377. The molecule has 1 aromatic heterocycles. The fourth-order valence-electron chi connectivity index (χ4n) is 1.92. The maximum Gasteiger partial charge on any atom is 0.407 e. The predicted octanol–water partition coefficient (Wildman–Crippen LogP) is 2.78. The topological polar surface area (TPSA) is 102 Å². The molecule has 8 nitrogen and oxygen atoms in total. The van der Waals surface area contributed by atoms with Crippen LogP contribution in [0.15, 0.2) is 29.6 Å². The first-order valence-electron chi connectivity index (χ1n) is 8.04. The number of ether oxygens (including phenoxy) is 1. The number of nitrogens with one attached hydrogen (secondary N) is 2. The average molecular weight is 378 g/mol. The summed E-state index contributed by atoms with van der Waals surface area (Å²) >= 11 is 1.27. The monoisotopic (exact) mass is 378 g/mol. The number of alkyl carbamates (subject to hydrolysis) is 1. The zero-order valence-corrected chi connectivity index (χ0v) is 15.9. The Morgan fingerprint density at radius 3 is 2.50 bits per heavy atom. The molecule has 1 atom stereocenters. The molecule has 0 radical (unpaired) electrons. The summed E-state index contributed by atoms with van der Waals surface area (Å²) < 4.78 is 8.95. The highest BCUT2D eigenvalue weighted by Crippen LogP contribution is 2.18. The highest BCUT2D eigenvalue weighted by Gasteiger charge is 2.18. The fraction of sp³-hybridized carbons (Fsp3) is 0.412. The third kappa shape index (κ3) is 6.41. The zero-order chi connectivity index (χ0) is 19.2. The maximum absolute atomic E-state index is 12.1. The van der Waals surface area contributed by atoms with Crippen LogP contribution in [0.25, 0.3) is 11.3 Å². The van der Waals surface area contributed by atoms with Gasteiger partial charge in [-0.2, -0.15) is 0 Å². The molecule has 0 saturated carbocycles. The molecule has 0 aliphatic carbocycles. The number of nitrogens with zero attached hydrogens (tertiary/aromatic N) is 2. The quantitative estimate of drug-likeness (QED) is 0.750. The van der Waals surface area contributed by atoms with E-state index < -0.39 is 11.7 Å². The lowest BCUT2D eigenvalue weighted by Crippen LogP contribution is -2.41. The normalized spacial score (nSPS) is 12.3. The third-order valence-electron chi connectivity index (χ3n) is 3.06. The van der Waals surface area contributed by atoms with Gasteiger partial charge < -0.3 is 10.1 Å². The predicted molar refractivity (Wildman–Crippen MR) is 97.6 cm³/mol. The van der Waals surface area contributed by atoms with Crippen molar-refractivity contribution in [1.29, 1.82) is 0 Å². The first kappa shape index (κ1) is 19.8. The van der Waals surface area contributed by atoms with Crippen LogP contribution in [-0.2, 0) is 9.57 Å². The molecule has 0 aliphatic heterocycles. The molecule has 9 heteroatoms. The maximum atomic E-state index is 12.1.